The SMILES string of the molecule is COCCn1c(COc2ccccc2C)nc2cc(Cl)ccc21. The fourth-order valence-corrected chi connectivity index (χ4v) is 2.72. The molecule has 0 fully saturated rings. The maximum atomic E-state index is 6.07. The van der Waals surface area contributed by atoms with E-state index in [1.807, 2.05) is 49.4 Å². The number of imidazole rings is 1. The average Bonchev–Trinajstić information content (AvgIpc) is 2.88. The molecule has 0 amide bonds. The van der Waals surface area contributed by atoms with E-state index in [0.717, 1.165) is 34.7 Å². The van der Waals surface area contributed by atoms with Crippen LogP contribution in [-0.2, 0) is 17.9 Å². The molecule has 2 aromatic carbocycles. The van der Waals surface area contributed by atoms with E-state index in [0.29, 0.717) is 18.2 Å². The summed E-state index contributed by atoms with van der Waals surface area (Å²) >= 11 is 6.07. The third kappa shape index (κ3) is 3.49. The van der Waals surface area contributed by atoms with Gasteiger partial charge in [0.05, 0.1) is 17.6 Å². The monoisotopic (exact) mass is 330 g/mol. The first-order valence-corrected chi connectivity index (χ1v) is 7.89. The Bertz CT molecular complexity index is 814. The molecule has 0 aliphatic carbocycles. The number of benzene rings is 2. The number of hydrogen-bond donors (Lipinski definition) is 0. The summed E-state index contributed by atoms with van der Waals surface area (Å²) < 4.78 is 13.3. The molecule has 0 N–H and O–H groups in total. The standard InChI is InChI=1S/C18H19ClN2O2/c1-13-5-3-4-6-17(13)23-12-18-20-15-11-14(19)7-8-16(15)21(18)9-10-22-2/h3-8,11H,9-10,12H2,1-2H3. The molecule has 1 heterocycles. The van der Waals surface area contributed by atoms with Crippen LogP contribution in [0.3, 0.4) is 0 Å². The summed E-state index contributed by atoms with van der Waals surface area (Å²) in [5.41, 5.74) is 3.02. The molecule has 0 saturated carbocycles. The highest BCUT2D eigenvalue weighted by Gasteiger charge is 2.12. The van der Waals surface area contributed by atoms with Gasteiger partial charge in [-0.2, -0.15) is 0 Å². The van der Waals surface area contributed by atoms with Crippen LogP contribution in [0.1, 0.15) is 11.4 Å². The van der Waals surface area contributed by atoms with Crippen molar-refractivity contribution < 1.29 is 9.47 Å². The Hall–Kier alpha value is -2.04. The summed E-state index contributed by atoms with van der Waals surface area (Å²) in [5, 5.41) is 0.681. The summed E-state index contributed by atoms with van der Waals surface area (Å²) in [4.78, 5) is 4.67. The number of aromatic nitrogens is 2. The first-order valence-electron chi connectivity index (χ1n) is 7.51. The number of fused-ring (bicyclic) bond motifs is 1. The van der Waals surface area contributed by atoms with E-state index < -0.39 is 0 Å². The van der Waals surface area contributed by atoms with Gasteiger partial charge in [-0.05, 0) is 36.8 Å². The van der Waals surface area contributed by atoms with E-state index in [1.54, 1.807) is 7.11 Å². The van der Waals surface area contributed by atoms with Crippen molar-refractivity contribution in [2.45, 2.75) is 20.1 Å². The molecule has 5 heteroatoms. The van der Waals surface area contributed by atoms with Gasteiger partial charge in [0.25, 0.3) is 0 Å². The molecule has 0 saturated heterocycles. The summed E-state index contributed by atoms with van der Waals surface area (Å²) in [7, 11) is 1.69. The zero-order chi connectivity index (χ0) is 16.2. The number of nitrogens with zero attached hydrogens (tertiary/aromatic N) is 2. The van der Waals surface area contributed by atoms with Gasteiger partial charge in [0.2, 0.25) is 0 Å². The number of ether oxygens (including phenoxy) is 2. The number of aryl methyl sites for hydroxylation is 1. The number of hydrogen-bond acceptors (Lipinski definition) is 3. The quantitative estimate of drug-likeness (QED) is 0.679. The van der Waals surface area contributed by atoms with Gasteiger partial charge in [-0.25, -0.2) is 4.98 Å². The third-order valence-electron chi connectivity index (χ3n) is 3.76. The highest BCUT2D eigenvalue weighted by atomic mass is 35.5. The van der Waals surface area contributed by atoms with Crippen molar-refractivity contribution in [1.29, 1.82) is 0 Å². The topological polar surface area (TPSA) is 36.3 Å². The maximum Gasteiger partial charge on any atom is 0.148 e. The molecule has 1 aromatic heterocycles. The zero-order valence-corrected chi connectivity index (χ0v) is 14.0. The minimum atomic E-state index is 0.404. The molecule has 0 spiro atoms. The fourth-order valence-electron chi connectivity index (χ4n) is 2.56. The number of rotatable bonds is 6. The fraction of sp³-hybridized carbons (Fsp3) is 0.278. The lowest BCUT2D eigenvalue weighted by Crippen LogP contribution is -2.11. The Balaban J connectivity index is 1.90. The summed E-state index contributed by atoms with van der Waals surface area (Å²) in [6.07, 6.45) is 0. The summed E-state index contributed by atoms with van der Waals surface area (Å²) in [5.74, 6) is 1.73. The van der Waals surface area contributed by atoms with Crippen LogP contribution in [-0.4, -0.2) is 23.3 Å². The van der Waals surface area contributed by atoms with Crippen molar-refractivity contribution in [3.8, 4) is 5.75 Å². The maximum absolute atomic E-state index is 6.07. The Morgan fingerprint density at radius 2 is 2.00 bits per heavy atom. The minimum Gasteiger partial charge on any atom is -0.485 e. The second-order valence-electron chi connectivity index (χ2n) is 5.36. The third-order valence-corrected chi connectivity index (χ3v) is 3.99. The van der Waals surface area contributed by atoms with Gasteiger partial charge in [0, 0.05) is 18.7 Å². The summed E-state index contributed by atoms with van der Waals surface area (Å²) in [6.45, 7) is 3.77. The van der Waals surface area contributed by atoms with Gasteiger partial charge >= 0.3 is 0 Å². The van der Waals surface area contributed by atoms with Crippen LogP contribution in [0.25, 0.3) is 11.0 Å². The van der Waals surface area contributed by atoms with E-state index in [1.165, 1.54) is 0 Å². The van der Waals surface area contributed by atoms with Crippen molar-refractivity contribution >= 4 is 22.6 Å². The molecule has 0 bridgehead atoms. The van der Waals surface area contributed by atoms with E-state index in [9.17, 15) is 0 Å². The van der Waals surface area contributed by atoms with Crippen molar-refractivity contribution in [2.75, 3.05) is 13.7 Å². The predicted octanol–water partition coefficient (Wildman–Crippen LogP) is 4.22. The van der Waals surface area contributed by atoms with E-state index in [2.05, 4.69) is 9.55 Å². The Kier molecular flexibility index (Phi) is 4.84. The lowest BCUT2D eigenvalue weighted by atomic mass is 10.2. The number of para-hydroxylation sites is 1. The average molecular weight is 331 g/mol. The van der Waals surface area contributed by atoms with Crippen LogP contribution >= 0.6 is 11.6 Å². The normalized spacial score (nSPS) is 11.1. The molecule has 120 valence electrons. The lowest BCUT2D eigenvalue weighted by molar-refractivity contribution is 0.185. The van der Waals surface area contributed by atoms with Crippen molar-refractivity contribution in [1.82, 2.24) is 9.55 Å². The molecular formula is C18H19ClN2O2. The molecule has 4 nitrogen and oxygen atoms in total. The van der Waals surface area contributed by atoms with Gasteiger partial charge < -0.3 is 14.0 Å². The van der Waals surface area contributed by atoms with Crippen LogP contribution in [0.15, 0.2) is 42.5 Å². The first-order chi connectivity index (χ1) is 11.2. The van der Waals surface area contributed by atoms with Gasteiger partial charge in [-0.1, -0.05) is 29.8 Å². The molecule has 3 rings (SSSR count). The highest BCUT2D eigenvalue weighted by Crippen LogP contribution is 2.23. The Morgan fingerprint density at radius 3 is 2.78 bits per heavy atom. The predicted molar refractivity (Wildman–Crippen MR) is 92.1 cm³/mol. The minimum absolute atomic E-state index is 0.404. The number of halogens is 1. The highest BCUT2D eigenvalue weighted by molar-refractivity contribution is 6.31. The Morgan fingerprint density at radius 1 is 1.17 bits per heavy atom. The van der Waals surface area contributed by atoms with Gasteiger partial charge in [-0.15, -0.1) is 0 Å². The van der Waals surface area contributed by atoms with Crippen LogP contribution in [0, 0.1) is 6.92 Å². The van der Waals surface area contributed by atoms with Crippen molar-refractivity contribution in [3.63, 3.8) is 0 Å². The van der Waals surface area contributed by atoms with Gasteiger partial charge in [-0.3, -0.25) is 0 Å². The molecule has 0 aliphatic rings. The lowest BCUT2D eigenvalue weighted by Gasteiger charge is -2.11. The summed E-state index contributed by atoms with van der Waals surface area (Å²) in [6, 6.07) is 13.7. The molecule has 0 aliphatic heterocycles. The molecule has 0 unspecified atom stereocenters. The first kappa shape index (κ1) is 15.8. The zero-order valence-electron chi connectivity index (χ0n) is 13.3. The largest absolute Gasteiger partial charge is 0.485 e. The molecule has 3 aromatic rings. The van der Waals surface area contributed by atoms with E-state index in [4.69, 9.17) is 21.1 Å². The number of methoxy groups -OCH3 is 1. The smallest absolute Gasteiger partial charge is 0.148 e. The van der Waals surface area contributed by atoms with Crippen LogP contribution < -0.4 is 4.74 Å². The van der Waals surface area contributed by atoms with Crippen LogP contribution in [0.2, 0.25) is 5.02 Å². The molecule has 0 radical (unpaired) electrons. The molecule has 0 atom stereocenters. The van der Waals surface area contributed by atoms with E-state index in [-0.39, 0.29) is 0 Å². The molecular weight excluding hydrogens is 312 g/mol. The van der Waals surface area contributed by atoms with Crippen LogP contribution in [0.5, 0.6) is 5.75 Å². The van der Waals surface area contributed by atoms with Gasteiger partial charge in [0.1, 0.15) is 18.2 Å². The van der Waals surface area contributed by atoms with Crippen molar-refractivity contribution in [2.24, 2.45) is 0 Å². The van der Waals surface area contributed by atoms with Crippen molar-refractivity contribution in [3.05, 3.63) is 58.9 Å². The van der Waals surface area contributed by atoms with Crippen LogP contribution in [0.4, 0.5) is 0 Å². The Labute approximate surface area is 140 Å². The second-order valence-corrected chi connectivity index (χ2v) is 5.80. The second kappa shape index (κ2) is 7.02. The van der Waals surface area contributed by atoms with E-state index >= 15 is 0 Å². The van der Waals surface area contributed by atoms with Gasteiger partial charge in [0.15, 0.2) is 0 Å². The molecule has 23 heavy (non-hydrogen) atoms.